The van der Waals surface area contributed by atoms with Gasteiger partial charge >= 0.3 is 6.09 Å². The fraction of sp³-hybridized carbons (Fsp3) is 0.238. The van der Waals surface area contributed by atoms with E-state index < -0.39 is 11.7 Å². The number of ether oxygens (including phenoxy) is 1. The molecule has 28 heavy (non-hydrogen) atoms. The fourth-order valence-corrected chi connectivity index (χ4v) is 3.30. The molecule has 0 fully saturated rings. The lowest BCUT2D eigenvalue weighted by molar-refractivity contribution is 0.0544. The van der Waals surface area contributed by atoms with Gasteiger partial charge in [0.25, 0.3) is 0 Å². The van der Waals surface area contributed by atoms with E-state index in [-0.39, 0.29) is 0 Å². The topological polar surface area (TPSA) is 55.3 Å². The normalized spacial score (nSPS) is 11.3. The van der Waals surface area contributed by atoms with Crippen LogP contribution in [0.4, 0.5) is 10.5 Å². The number of carbonyl (C=O) groups is 1. The van der Waals surface area contributed by atoms with Crippen molar-refractivity contribution in [3.63, 3.8) is 0 Å². The minimum absolute atomic E-state index is 0.406. The molecule has 146 valence electrons. The second-order valence-corrected chi connectivity index (χ2v) is 8.66. The van der Waals surface area contributed by atoms with Crippen molar-refractivity contribution in [3.05, 3.63) is 64.8 Å². The number of nitrogens with one attached hydrogen (secondary N) is 2. The van der Waals surface area contributed by atoms with Gasteiger partial charge in [-0.05, 0) is 68.9 Å². The Morgan fingerprint density at radius 1 is 1.18 bits per heavy atom. The number of thiocarbonyl (C=S) groups is 1. The molecular weight excluding hydrogens is 438 g/mol. The summed E-state index contributed by atoms with van der Waals surface area (Å²) in [5.74, 6) is 0. The van der Waals surface area contributed by atoms with E-state index in [1.165, 1.54) is 4.57 Å². The molecule has 2 aromatic carbocycles. The molecule has 3 aromatic rings. The first-order valence-electron chi connectivity index (χ1n) is 8.86. The number of halogens is 1. The Hall–Kier alpha value is -2.38. The predicted octanol–water partition coefficient (Wildman–Crippen LogP) is 5.67. The molecular formula is C21H22BrN3O2S. The van der Waals surface area contributed by atoms with E-state index in [9.17, 15) is 4.79 Å². The predicted molar refractivity (Wildman–Crippen MR) is 121 cm³/mol. The third-order valence-electron chi connectivity index (χ3n) is 3.91. The average Bonchev–Trinajstić information content (AvgIpc) is 2.97. The summed E-state index contributed by atoms with van der Waals surface area (Å²) < 4.78 is 8.01. The van der Waals surface area contributed by atoms with Crippen molar-refractivity contribution in [1.82, 2.24) is 9.88 Å². The minimum atomic E-state index is -0.567. The number of benzene rings is 2. The molecule has 1 heterocycles. The number of hydrogen-bond donors (Lipinski definition) is 2. The first-order valence-corrected chi connectivity index (χ1v) is 10.1. The van der Waals surface area contributed by atoms with Gasteiger partial charge in [-0.2, -0.15) is 0 Å². The highest BCUT2D eigenvalue weighted by molar-refractivity contribution is 9.10. The van der Waals surface area contributed by atoms with Crippen molar-refractivity contribution in [2.24, 2.45) is 0 Å². The van der Waals surface area contributed by atoms with Crippen LogP contribution in [0.3, 0.4) is 0 Å². The third kappa shape index (κ3) is 5.11. The van der Waals surface area contributed by atoms with Crippen molar-refractivity contribution in [2.45, 2.75) is 32.9 Å². The van der Waals surface area contributed by atoms with Gasteiger partial charge in [0.05, 0.1) is 5.52 Å². The number of hydrogen-bond acceptors (Lipinski definition) is 3. The summed E-state index contributed by atoms with van der Waals surface area (Å²) >= 11 is 8.89. The molecule has 3 rings (SSSR count). The minimum Gasteiger partial charge on any atom is -0.443 e. The molecule has 0 spiro atoms. The van der Waals surface area contributed by atoms with Gasteiger partial charge in [-0.3, -0.25) is 4.57 Å². The average molecular weight is 460 g/mol. The molecule has 0 aliphatic rings. The van der Waals surface area contributed by atoms with Gasteiger partial charge in [0.2, 0.25) is 0 Å². The van der Waals surface area contributed by atoms with Crippen molar-refractivity contribution in [3.8, 4) is 0 Å². The summed E-state index contributed by atoms with van der Waals surface area (Å²) in [4.78, 5) is 12.6. The highest BCUT2D eigenvalue weighted by Gasteiger charge is 2.21. The largest absolute Gasteiger partial charge is 0.443 e. The van der Waals surface area contributed by atoms with Crippen molar-refractivity contribution < 1.29 is 9.53 Å². The Morgan fingerprint density at radius 3 is 2.57 bits per heavy atom. The third-order valence-corrected chi connectivity index (χ3v) is 4.65. The van der Waals surface area contributed by atoms with Crippen LogP contribution in [0.15, 0.2) is 59.2 Å². The number of carbonyl (C=O) groups excluding carboxylic acids is 1. The highest BCUT2D eigenvalue weighted by atomic mass is 79.9. The molecule has 5 nitrogen and oxygen atoms in total. The SMILES string of the molecule is CC(C)(C)OC(=O)n1cc(CNC(=S)Nc2ccccc2)c2cc(Br)ccc21. The number of nitrogens with zero attached hydrogens (tertiary/aromatic N) is 1. The number of fused-ring (bicyclic) bond motifs is 1. The van der Waals surface area contributed by atoms with Crippen LogP contribution in [-0.4, -0.2) is 21.4 Å². The molecule has 0 bridgehead atoms. The molecule has 0 radical (unpaired) electrons. The van der Waals surface area contributed by atoms with E-state index in [4.69, 9.17) is 17.0 Å². The van der Waals surface area contributed by atoms with Crippen LogP contribution in [0.2, 0.25) is 0 Å². The number of para-hydroxylation sites is 1. The lowest BCUT2D eigenvalue weighted by Gasteiger charge is -2.19. The molecule has 0 saturated heterocycles. The Kier molecular flexibility index (Phi) is 6.05. The van der Waals surface area contributed by atoms with Crippen LogP contribution in [0.1, 0.15) is 26.3 Å². The zero-order chi connectivity index (χ0) is 20.3. The van der Waals surface area contributed by atoms with Crippen LogP contribution in [0, 0.1) is 0 Å². The Morgan fingerprint density at radius 2 is 1.89 bits per heavy atom. The Bertz CT molecular complexity index is 1010. The molecule has 7 heteroatoms. The summed E-state index contributed by atoms with van der Waals surface area (Å²) in [6, 6.07) is 15.5. The second-order valence-electron chi connectivity index (χ2n) is 7.34. The zero-order valence-corrected chi connectivity index (χ0v) is 18.4. The summed E-state index contributed by atoms with van der Waals surface area (Å²) in [6.45, 7) is 6.03. The summed E-state index contributed by atoms with van der Waals surface area (Å²) in [6.07, 6.45) is 1.39. The van der Waals surface area contributed by atoms with Crippen LogP contribution in [-0.2, 0) is 11.3 Å². The molecule has 0 aliphatic heterocycles. The number of rotatable bonds is 3. The first kappa shape index (κ1) is 20.4. The van der Waals surface area contributed by atoms with Gasteiger partial charge in [-0.25, -0.2) is 4.79 Å². The van der Waals surface area contributed by atoms with Crippen LogP contribution >= 0.6 is 28.1 Å². The van der Waals surface area contributed by atoms with E-state index in [1.807, 2.05) is 69.3 Å². The molecule has 0 saturated carbocycles. The van der Waals surface area contributed by atoms with Gasteiger partial charge in [0.1, 0.15) is 5.60 Å². The van der Waals surface area contributed by atoms with E-state index in [0.717, 1.165) is 26.6 Å². The highest BCUT2D eigenvalue weighted by Crippen LogP contribution is 2.26. The maximum Gasteiger partial charge on any atom is 0.419 e. The molecule has 0 unspecified atom stereocenters. The Labute approximate surface area is 178 Å². The molecule has 0 aliphatic carbocycles. The van der Waals surface area contributed by atoms with Crippen LogP contribution < -0.4 is 10.6 Å². The van der Waals surface area contributed by atoms with Crippen molar-refractivity contribution in [2.75, 3.05) is 5.32 Å². The Balaban J connectivity index is 1.81. The van der Waals surface area contributed by atoms with Gasteiger partial charge in [0.15, 0.2) is 5.11 Å². The number of aromatic nitrogens is 1. The van der Waals surface area contributed by atoms with Crippen LogP contribution in [0.5, 0.6) is 0 Å². The monoisotopic (exact) mass is 459 g/mol. The van der Waals surface area contributed by atoms with Crippen LogP contribution in [0.25, 0.3) is 10.9 Å². The van der Waals surface area contributed by atoms with Crippen molar-refractivity contribution in [1.29, 1.82) is 0 Å². The molecule has 1 aromatic heterocycles. The lowest BCUT2D eigenvalue weighted by Crippen LogP contribution is -2.28. The number of anilines is 1. The quantitative estimate of drug-likeness (QED) is 0.493. The smallest absolute Gasteiger partial charge is 0.419 e. The van der Waals surface area contributed by atoms with Gasteiger partial charge < -0.3 is 15.4 Å². The van der Waals surface area contributed by atoms with E-state index in [2.05, 4.69) is 26.6 Å². The maximum absolute atomic E-state index is 12.6. The fourth-order valence-electron chi connectivity index (χ4n) is 2.75. The van der Waals surface area contributed by atoms with Gasteiger partial charge in [-0.1, -0.05) is 34.1 Å². The second kappa shape index (κ2) is 8.32. The van der Waals surface area contributed by atoms with Gasteiger partial charge in [-0.15, -0.1) is 0 Å². The summed E-state index contributed by atoms with van der Waals surface area (Å²) in [7, 11) is 0. The molecule has 0 amide bonds. The zero-order valence-electron chi connectivity index (χ0n) is 16.0. The summed E-state index contributed by atoms with van der Waals surface area (Å²) in [5, 5.41) is 7.81. The lowest BCUT2D eigenvalue weighted by atomic mass is 10.2. The molecule has 2 N–H and O–H groups in total. The van der Waals surface area contributed by atoms with E-state index in [0.29, 0.717) is 11.7 Å². The van der Waals surface area contributed by atoms with Crippen molar-refractivity contribution >= 4 is 55.9 Å². The maximum atomic E-state index is 12.6. The standard InChI is InChI=1S/C21H22BrN3O2S/c1-21(2,3)27-20(26)25-13-14(17-11-15(22)9-10-18(17)25)12-23-19(28)24-16-7-5-4-6-8-16/h4-11,13H,12H2,1-3H3,(H2,23,24,28). The molecule has 0 atom stereocenters. The first-order chi connectivity index (χ1) is 13.2. The van der Waals surface area contributed by atoms with E-state index >= 15 is 0 Å². The van der Waals surface area contributed by atoms with Gasteiger partial charge in [0, 0.05) is 28.3 Å². The summed E-state index contributed by atoms with van der Waals surface area (Å²) in [5.41, 5.74) is 2.08. The van der Waals surface area contributed by atoms with E-state index in [1.54, 1.807) is 6.20 Å².